The van der Waals surface area contributed by atoms with Crippen LogP contribution in [0.2, 0.25) is 0 Å². The summed E-state index contributed by atoms with van der Waals surface area (Å²) in [7, 11) is 1.69. The Morgan fingerprint density at radius 3 is 2.69 bits per heavy atom. The Labute approximate surface area is 243 Å². The van der Waals surface area contributed by atoms with Gasteiger partial charge in [0, 0.05) is 57.7 Å². The van der Waals surface area contributed by atoms with Gasteiger partial charge in [0.2, 0.25) is 5.95 Å². The van der Waals surface area contributed by atoms with Crippen molar-refractivity contribution in [1.29, 1.82) is 5.26 Å². The number of nitrogens with one attached hydrogen (secondary N) is 2. The molecule has 3 unspecified atom stereocenters. The molecule has 0 saturated carbocycles. The maximum atomic E-state index is 14.3. The highest BCUT2D eigenvalue weighted by molar-refractivity contribution is 5.70. The van der Waals surface area contributed by atoms with Crippen molar-refractivity contribution in [3.63, 3.8) is 0 Å². The van der Waals surface area contributed by atoms with Gasteiger partial charge in [0.05, 0.1) is 49.2 Å². The van der Waals surface area contributed by atoms with Gasteiger partial charge in [0.15, 0.2) is 6.10 Å². The van der Waals surface area contributed by atoms with E-state index in [1.165, 1.54) is 6.07 Å². The average molecular weight is 581 g/mol. The third kappa shape index (κ3) is 6.13. The summed E-state index contributed by atoms with van der Waals surface area (Å²) in [6.45, 7) is 5.49. The van der Waals surface area contributed by atoms with Crippen molar-refractivity contribution < 1.29 is 23.0 Å². The van der Waals surface area contributed by atoms with Gasteiger partial charge in [0.25, 0.3) is 5.92 Å². The molecule has 0 bridgehead atoms. The highest BCUT2D eigenvalue weighted by atomic mass is 19.3. The topological polar surface area (TPSA) is 120 Å². The minimum atomic E-state index is -3.02. The van der Waals surface area contributed by atoms with Crippen LogP contribution in [0.1, 0.15) is 12.0 Å². The third-order valence-electron chi connectivity index (χ3n) is 8.18. The molecule has 4 aliphatic heterocycles. The molecular weight excluding hydrogens is 546 g/mol. The SMILES string of the molecule is COC1C=C(Nc2nccc(-c3ccc(OC4CCNCC4(F)F)c(C#N)c3)n2)N=CC1N1CCN(C2COC2)CC1. The quantitative estimate of drug-likeness (QED) is 0.481. The number of ether oxygens (including phenoxy) is 3. The van der Waals surface area contributed by atoms with E-state index in [4.69, 9.17) is 14.2 Å². The minimum Gasteiger partial charge on any atom is -0.483 e. The van der Waals surface area contributed by atoms with Crippen LogP contribution < -0.4 is 15.4 Å². The molecule has 0 aliphatic carbocycles. The summed E-state index contributed by atoms with van der Waals surface area (Å²) in [6, 6.07) is 9.17. The molecule has 5 heterocycles. The lowest BCUT2D eigenvalue weighted by molar-refractivity contribution is -0.109. The van der Waals surface area contributed by atoms with E-state index in [0.717, 1.165) is 39.4 Å². The van der Waals surface area contributed by atoms with E-state index in [1.54, 1.807) is 31.5 Å². The van der Waals surface area contributed by atoms with Gasteiger partial charge in [-0.15, -0.1) is 0 Å². The molecule has 4 aliphatic rings. The molecule has 3 saturated heterocycles. The number of alkyl halides is 2. The molecule has 222 valence electrons. The molecule has 1 aromatic heterocycles. The summed E-state index contributed by atoms with van der Waals surface area (Å²) in [5, 5.41) is 15.5. The van der Waals surface area contributed by atoms with E-state index in [1.807, 2.05) is 12.3 Å². The molecule has 0 spiro atoms. The second-order valence-corrected chi connectivity index (χ2v) is 10.8. The zero-order chi connectivity index (χ0) is 29.1. The van der Waals surface area contributed by atoms with Crippen molar-refractivity contribution in [3.8, 4) is 23.1 Å². The summed E-state index contributed by atoms with van der Waals surface area (Å²) < 4.78 is 45.3. The first-order valence-corrected chi connectivity index (χ1v) is 14.2. The van der Waals surface area contributed by atoms with Crippen LogP contribution in [0.25, 0.3) is 11.3 Å². The zero-order valence-corrected chi connectivity index (χ0v) is 23.4. The average Bonchev–Trinajstić information content (AvgIpc) is 2.98. The number of nitrogens with zero attached hydrogens (tertiary/aromatic N) is 6. The Hall–Kier alpha value is -3.54. The third-order valence-corrected chi connectivity index (χ3v) is 8.18. The number of anilines is 1. The number of aliphatic imine (C=N–C) groups is 1. The number of hydrogen-bond donors (Lipinski definition) is 2. The highest BCUT2D eigenvalue weighted by Crippen LogP contribution is 2.32. The zero-order valence-electron chi connectivity index (χ0n) is 23.4. The first-order chi connectivity index (χ1) is 20.4. The highest BCUT2D eigenvalue weighted by Gasteiger charge is 2.43. The van der Waals surface area contributed by atoms with Gasteiger partial charge >= 0.3 is 0 Å². The number of benzene rings is 1. The number of rotatable bonds is 8. The van der Waals surface area contributed by atoms with E-state index in [0.29, 0.717) is 35.6 Å². The van der Waals surface area contributed by atoms with Crippen LogP contribution in [0.15, 0.2) is 47.4 Å². The van der Waals surface area contributed by atoms with Crippen LogP contribution in [0.3, 0.4) is 0 Å². The Morgan fingerprint density at radius 1 is 1.17 bits per heavy atom. The smallest absolute Gasteiger partial charge is 0.296 e. The van der Waals surface area contributed by atoms with Crippen molar-refractivity contribution in [2.24, 2.45) is 4.99 Å². The summed E-state index contributed by atoms with van der Waals surface area (Å²) >= 11 is 0. The van der Waals surface area contributed by atoms with Gasteiger partial charge in [-0.05, 0) is 36.9 Å². The normalized spacial score (nSPS) is 26.6. The van der Waals surface area contributed by atoms with Crippen molar-refractivity contribution >= 4 is 12.2 Å². The Balaban J connectivity index is 1.11. The largest absolute Gasteiger partial charge is 0.483 e. The first-order valence-electron chi connectivity index (χ1n) is 14.2. The molecule has 13 heteroatoms. The lowest BCUT2D eigenvalue weighted by Crippen LogP contribution is -2.60. The summed E-state index contributed by atoms with van der Waals surface area (Å²) in [5.74, 6) is -1.99. The molecule has 0 amide bonds. The number of halogens is 2. The number of piperidine rings is 1. The van der Waals surface area contributed by atoms with Gasteiger partial charge in [0.1, 0.15) is 17.6 Å². The molecule has 42 heavy (non-hydrogen) atoms. The van der Waals surface area contributed by atoms with Gasteiger partial charge in [-0.3, -0.25) is 9.80 Å². The number of piperazine rings is 1. The summed E-state index contributed by atoms with van der Waals surface area (Å²) in [6.07, 6.45) is 4.11. The van der Waals surface area contributed by atoms with E-state index in [2.05, 4.69) is 41.5 Å². The van der Waals surface area contributed by atoms with Crippen LogP contribution in [0.5, 0.6) is 5.75 Å². The van der Waals surface area contributed by atoms with E-state index >= 15 is 0 Å². The number of hydrogen-bond acceptors (Lipinski definition) is 11. The molecule has 0 radical (unpaired) electrons. The molecule has 2 N–H and O–H groups in total. The van der Waals surface area contributed by atoms with Gasteiger partial charge in [-0.1, -0.05) is 0 Å². The van der Waals surface area contributed by atoms with Gasteiger partial charge in [-0.2, -0.15) is 5.26 Å². The van der Waals surface area contributed by atoms with Gasteiger partial charge < -0.3 is 24.8 Å². The predicted molar refractivity (Wildman–Crippen MR) is 152 cm³/mol. The van der Waals surface area contributed by atoms with Crippen LogP contribution >= 0.6 is 0 Å². The molecule has 11 nitrogen and oxygen atoms in total. The number of aromatic nitrogens is 2. The fraction of sp³-hybridized carbons (Fsp3) is 0.517. The monoisotopic (exact) mass is 580 g/mol. The fourth-order valence-corrected chi connectivity index (χ4v) is 5.64. The molecule has 1 aromatic carbocycles. The van der Waals surface area contributed by atoms with Crippen LogP contribution in [0, 0.1) is 11.3 Å². The molecule has 3 fully saturated rings. The predicted octanol–water partition coefficient (Wildman–Crippen LogP) is 2.13. The van der Waals surface area contributed by atoms with E-state index < -0.39 is 18.6 Å². The minimum absolute atomic E-state index is 0.0301. The lowest BCUT2D eigenvalue weighted by Gasteiger charge is -2.45. The standard InChI is InChI=1S/C29H34F2N8O3/c1-40-25-13-27(35-15-23(25)39-10-8-38(9-11-39)21-16-41-17-21)37-28-34-7-4-22(36-28)19-2-3-24(20(12-19)14-32)42-26-5-6-33-18-29(26,30)31/h2-4,7,12-13,15,21,23,25-26,33H,5-6,8-11,16-18H2,1H3,(H,34,36,37). The molecule has 2 aromatic rings. The second-order valence-electron chi connectivity index (χ2n) is 10.8. The Bertz CT molecular complexity index is 1370. The summed E-state index contributed by atoms with van der Waals surface area (Å²) in [5.41, 5.74) is 1.34. The lowest BCUT2D eigenvalue weighted by atomic mass is 10.0. The van der Waals surface area contributed by atoms with Crippen molar-refractivity contribution in [2.45, 2.75) is 36.6 Å². The van der Waals surface area contributed by atoms with Gasteiger partial charge in [-0.25, -0.2) is 23.7 Å². The van der Waals surface area contributed by atoms with Crippen LogP contribution in [-0.4, -0.2) is 116 Å². The molecular formula is C29H34F2N8O3. The van der Waals surface area contributed by atoms with Crippen LogP contribution in [0.4, 0.5) is 14.7 Å². The maximum Gasteiger partial charge on any atom is 0.296 e. The van der Waals surface area contributed by atoms with Crippen molar-refractivity contribution in [1.82, 2.24) is 25.1 Å². The molecule has 6 rings (SSSR count). The number of nitriles is 1. The van der Waals surface area contributed by atoms with Crippen molar-refractivity contribution in [2.75, 3.05) is 64.9 Å². The van der Waals surface area contributed by atoms with E-state index in [-0.39, 0.29) is 29.9 Å². The van der Waals surface area contributed by atoms with Crippen LogP contribution in [-0.2, 0) is 9.47 Å². The summed E-state index contributed by atoms with van der Waals surface area (Å²) in [4.78, 5) is 18.4. The second kappa shape index (κ2) is 12.4. The van der Waals surface area contributed by atoms with E-state index in [9.17, 15) is 14.0 Å². The Morgan fingerprint density at radius 2 is 1.98 bits per heavy atom. The number of methoxy groups -OCH3 is 1. The van der Waals surface area contributed by atoms with Crippen molar-refractivity contribution in [3.05, 3.63) is 47.9 Å². The maximum absolute atomic E-state index is 14.3. The Kier molecular flexibility index (Phi) is 8.41. The first kappa shape index (κ1) is 28.6. The molecule has 3 atom stereocenters. The fourth-order valence-electron chi connectivity index (χ4n) is 5.64.